The minimum Gasteiger partial charge on any atom is -0.386 e. The van der Waals surface area contributed by atoms with Crippen LogP contribution in [-0.2, 0) is 4.79 Å². The average Bonchev–Trinajstić information content (AvgIpc) is 2.52. The largest absolute Gasteiger partial charge is 0.386 e. The number of amides is 1. The molecular formula is C17H19FN2O2. The van der Waals surface area contributed by atoms with Crippen LogP contribution in [-0.4, -0.2) is 28.7 Å². The molecule has 2 atom stereocenters. The number of carbonyl (C=O) groups is 1. The fraction of sp³-hybridized carbons (Fsp3) is 0.294. The molecule has 1 amide bonds. The van der Waals surface area contributed by atoms with Gasteiger partial charge in [-0.2, -0.15) is 0 Å². The van der Waals surface area contributed by atoms with Crippen LogP contribution in [0, 0.1) is 6.92 Å². The molecule has 0 aliphatic rings. The van der Waals surface area contributed by atoms with Crippen LogP contribution in [0.2, 0.25) is 0 Å². The molecule has 4 nitrogen and oxygen atoms in total. The van der Waals surface area contributed by atoms with Crippen molar-refractivity contribution in [1.29, 1.82) is 0 Å². The molecular weight excluding hydrogens is 283 g/mol. The molecule has 0 radical (unpaired) electrons. The monoisotopic (exact) mass is 302 g/mol. The number of nitrogens with zero attached hydrogens (tertiary/aromatic N) is 1. The Kier molecular flexibility index (Phi) is 5.22. The molecule has 0 aliphatic carbocycles. The van der Waals surface area contributed by atoms with Gasteiger partial charge in [-0.25, -0.2) is 4.39 Å². The molecule has 2 rings (SSSR count). The Labute approximate surface area is 129 Å². The summed E-state index contributed by atoms with van der Waals surface area (Å²) in [7, 11) is 0. The number of halogens is 1. The van der Waals surface area contributed by atoms with E-state index in [4.69, 9.17) is 0 Å². The smallest absolute Gasteiger partial charge is 0.217 e. The van der Waals surface area contributed by atoms with Crippen molar-refractivity contribution in [2.24, 2.45) is 0 Å². The average molecular weight is 302 g/mol. The number of pyridine rings is 1. The van der Waals surface area contributed by atoms with E-state index in [1.807, 2.05) is 31.2 Å². The maximum atomic E-state index is 13.0. The standard InChI is InChI=1S/C17H19FN2O2/c1-11-3-4-15(10-19-11)13-5-7-14(8-6-13)17(22)16(9-18)20-12(2)21/h3-8,10,16-17,22H,9H2,1-2H3,(H,20,21)/t16-,17-/m1/s1. The fourth-order valence-electron chi connectivity index (χ4n) is 2.21. The van der Waals surface area contributed by atoms with Gasteiger partial charge < -0.3 is 10.4 Å². The summed E-state index contributed by atoms with van der Waals surface area (Å²) in [5.41, 5.74) is 3.42. The van der Waals surface area contributed by atoms with Crippen LogP contribution in [0.5, 0.6) is 0 Å². The van der Waals surface area contributed by atoms with E-state index in [-0.39, 0.29) is 5.91 Å². The zero-order valence-corrected chi connectivity index (χ0v) is 12.6. The highest BCUT2D eigenvalue weighted by Gasteiger charge is 2.21. The maximum Gasteiger partial charge on any atom is 0.217 e. The molecule has 1 heterocycles. The summed E-state index contributed by atoms with van der Waals surface area (Å²) < 4.78 is 13.0. The van der Waals surface area contributed by atoms with E-state index in [2.05, 4.69) is 10.3 Å². The van der Waals surface area contributed by atoms with Gasteiger partial charge in [0.15, 0.2) is 0 Å². The van der Waals surface area contributed by atoms with Crippen molar-refractivity contribution in [2.75, 3.05) is 6.67 Å². The van der Waals surface area contributed by atoms with Crippen LogP contribution in [0.3, 0.4) is 0 Å². The first kappa shape index (κ1) is 16.1. The molecule has 2 N–H and O–H groups in total. The Bertz CT molecular complexity index is 626. The highest BCUT2D eigenvalue weighted by atomic mass is 19.1. The topological polar surface area (TPSA) is 62.2 Å². The molecule has 5 heteroatoms. The second-order valence-corrected chi connectivity index (χ2v) is 5.22. The Balaban J connectivity index is 2.17. The first-order valence-electron chi connectivity index (χ1n) is 7.05. The van der Waals surface area contributed by atoms with Crippen molar-refractivity contribution in [3.05, 3.63) is 53.9 Å². The van der Waals surface area contributed by atoms with E-state index in [0.29, 0.717) is 5.56 Å². The molecule has 22 heavy (non-hydrogen) atoms. The number of alkyl halides is 1. The number of aryl methyl sites for hydroxylation is 1. The van der Waals surface area contributed by atoms with E-state index >= 15 is 0 Å². The number of benzene rings is 1. The zero-order chi connectivity index (χ0) is 16.1. The van der Waals surface area contributed by atoms with Crippen LogP contribution >= 0.6 is 0 Å². The molecule has 2 aromatic rings. The number of rotatable bonds is 5. The van der Waals surface area contributed by atoms with Gasteiger partial charge >= 0.3 is 0 Å². The van der Waals surface area contributed by atoms with Gasteiger partial charge in [-0.1, -0.05) is 30.3 Å². The highest BCUT2D eigenvalue weighted by molar-refractivity contribution is 5.73. The number of aromatic nitrogens is 1. The van der Waals surface area contributed by atoms with E-state index in [1.54, 1.807) is 18.3 Å². The molecule has 0 fully saturated rings. The van der Waals surface area contributed by atoms with Crippen LogP contribution in [0.1, 0.15) is 24.3 Å². The molecule has 116 valence electrons. The van der Waals surface area contributed by atoms with E-state index in [9.17, 15) is 14.3 Å². The predicted octanol–water partition coefficient (Wildman–Crippen LogP) is 2.56. The normalized spacial score (nSPS) is 13.5. The lowest BCUT2D eigenvalue weighted by Gasteiger charge is -2.21. The summed E-state index contributed by atoms with van der Waals surface area (Å²) in [6, 6.07) is 10.1. The number of nitrogens with one attached hydrogen (secondary N) is 1. The minimum absolute atomic E-state index is 0.371. The fourth-order valence-corrected chi connectivity index (χ4v) is 2.21. The first-order valence-corrected chi connectivity index (χ1v) is 7.05. The summed E-state index contributed by atoms with van der Waals surface area (Å²) in [6.45, 7) is 2.38. The van der Waals surface area contributed by atoms with Crippen molar-refractivity contribution >= 4 is 5.91 Å². The van der Waals surface area contributed by atoms with Crippen molar-refractivity contribution in [2.45, 2.75) is 26.0 Å². The van der Waals surface area contributed by atoms with Gasteiger partial charge in [-0.05, 0) is 24.1 Å². The van der Waals surface area contributed by atoms with Crippen LogP contribution in [0.4, 0.5) is 4.39 Å². The van der Waals surface area contributed by atoms with Gasteiger partial charge in [0, 0.05) is 24.4 Å². The Morgan fingerprint density at radius 3 is 2.36 bits per heavy atom. The number of aliphatic hydroxyl groups excluding tert-OH is 1. The number of hydrogen-bond donors (Lipinski definition) is 2. The highest BCUT2D eigenvalue weighted by Crippen LogP contribution is 2.23. The van der Waals surface area contributed by atoms with Crippen molar-refractivity contribution in [1.82, 2.24) is 10.3 Å². The Morgan fingerprint density at radius 2 is 1.86 bits per heavy atom. The zero-order valence-electron chi connectivity index (χ0n) is 12.6. The Morgan fingerprint density at radius 1 is 1.23 bits per heavy atom. The van der Waals surface area contributed by atoms with Gasteiger partial charge in [-0.15, -0.1) is 0 Å². The molecule has 1 aromatic heterocycles. The SMILES string of the molecule is CC(=O)N[C@H](CF)[C@H](O)c1ccc(-c2ccc(C)nc2)cc1. The molecule has 0 spiro atoms. The van der Waals surface area contributed by atoms with Gasteiger partial charge in [0.25, 0.3) is 0 Å². The van der Waals surface area contributed by atoms with Crippen molar-refractivity contribution in [3.8, 4) is 11.1 Å². The minimum atomic E-state index is -1.08. The summed E-state index contributed by atoms with van der Waals surface area (Å²) >= 11 is 0. The molecule has 0 unspecified atom stereocenters. The lowest BCUT2D eigenvalue weighted by molar-refractivity contribution is -0.120. The van der Waals surface area contributed by atoms with Gasteiger partial charge in [0.2, 0.25) is 5.91 Å². The molecule has 0 aliphatic heterocycles. The van der Waals surface area contributed by atoms with E-state index in [1.165, 1.54) is 6.92 Å². The Hall–Kier alpha value is -2.27. The van der Waals surface area contributed by atoms with Crippen LogP contribution in [0.25, 0.3) is 11.1 Å². The third kappa shape index (κ3) is 3.89. The molecule has 0 saturated carbocycles. The number of carbonyl (C=O) groups excluding carboxylic acids is 1. The summed E-state index contributed by atoms with van der Waals surface area (Å²) in [6.07, 6.45) is 0.696. The lowest BCUT2D eigenvalue weighted by Crippen LogP contribution is -2.39. The van der Waals surface area contributed by atoms with Crippen molar-refractivity contribution < 1.29 is 14.3 Å². The van der Waals surface area contributed by atoms with Gasteiger partial charge in [0.1, 0.15) is 12.8 Å². The van der Waals surface area contributed by atoms with Crippen LogP contribution in [0.15, 0.2) is 42.6 Å². The van der Waals surface area contributed by atoms with E-state index < -0.39 is 18.8 Å². The van der Waals surface area contributed by atoms with Crippen LogP contribution < -0.4 is 5.32 Å². The second-order valence-electron chi connectivity index (χ2n) is 5.22. The first-order chi connectivity index (χ1) is 10.5. The third-order valence-electron chi connectivity index (χ3n) is 3.43. The number of hydrogen-bond acceptors (Lipinski definition) is 3. The summed E-state index contributed by atoms with van der Waals surface area (Å²) in [5.74, 6) is -0.371. The van der Waals surface area contributed by atoms with Gasteiger partial charge in [0.05, 0.1) is 6.04 Å². The molecule has 1 aromatic carbocycles. The predicted molar refractivity (Wildman–Crippen MR) is 82.9 cm³/mol. The quantitative estimate of drug-likeness (QED) is 0.892. The summed E-state index contributed by atoms with van der Waals surface area (Å²) in [4.78, 5) is 15.3. The lowest BCUT2D eigenvalue weighted by atomic mass is 9.99. The van der Waals surface area contributed by atoms with Gasteiger partial charge in [-0.3, -0.25) is 9.78 Å². The third-order valence-corrected chi connectivity index (χ3v) is 3.43. The van der Waals surface area contributed by atoms with E-state index in [0.717, 1.165) is 16.8 Å². The summed E-state index contributed by atoms with van der Waals surface area (Å²) in [5, 5.41) is 12.6. The molecule has 0 bridgehead atoms. The second kappa shape index (κ2) is 7.13. The van der Waals surface area contributed by atoms with Crippen molar-refractivity contribution in [3.63, 3.8) is 0 Å². The molecule has 0 saturated heterocycles. The number of aliphatic hydroxyl groups is 1. The maximum absolute atomic E-state index is 13.0.